The van der Waals surface area contributed by atoms with Crippen LogP contribution in [0.1, 0.15) is 13.8 Å². The normalized spacial score (nSPS) is 14.4. The summed E-state index contributed by atoms with van der Waals surface area (Å²) in [5.41, 5.74) is 16.3. The van der Waals surface area contributed by atoms with Gasteiger partial charge in [-0.1, -0.05) is 0 Å². The summed E-state index contributed by atoms with van der Waals surface area (Å²) in [7, 11) is 0. The molecular formula is C9H21N5O2. The topological polar surface area (TPSA) is 136 Å². The van der Waals surface area contributed by atoms with Gasteiger partial charge in [0.15, 0.2) is 0 Å². The van der Waals surface area contributed by atoms with Crippen LogP contribution in [0.2, 0.25) is 0 Å². The Morgan fingerprint density at radius 1 is 0.938 bits per heavy atom. The molecule has 0 aromatic carbocycles. The predicted molar refractivity (Wildman–Crippen MR) is 61.3 cm³/mol. The van der Waals surface area contributed by atoms with Crippen molar-refractivity contribution in [3.05, 3.63) is 0 Å². The van der Waals surface area contributed by atoms with Gasteiger partial charge in [0.25, 0.3) is 0 Å². The number of carbonyl (C=O) groups excluding carboxylic acids is 2. The Balaban J connectivity index is 3.71. The highest BCUT2D eigenvalue weighted by molar-refractivity contribution is 5.81. The molecule has 0 aliphatic heterocycles. The Hall–Kier alpha value is -1.18. The molecule has 16 heavy (non-hydrogen) atoms. The van der Waals surface area contributed by atoms with Gasteiger partial charge in [0, 0.05) is 19.1 Å². The SMILES string of the molecule is C[C@H](N)C(=O)NCC(N)CNC(=O)[C@H](C)N. The molecule has 0 aliphatic rings. The van der Waals surface area contributed by atoms with Gasteiger partial charge in [0.1, 0.15) is 0 Å². The van der Waals surface area contributed by atoms with Crippen LogP contribution in [0.4, 0.5) is 0 Å². The van der Waals surface area contributed by atoms with Gasteiger partial charge >= 0.3 is 0 Å². The minimum atomic E-state index is -0.564. The molecular weight excluding hydrogens is 210 g/mol. The van der Waals surface area contributed by atoms with Gasteiger partial charge in [0.2, 0.25) is 11.8 Å². The second-order valence-corrected chi connectivity index (χ2v) is 3.83. The maximum atomic E-state index is 11.1. The average molecular weight is 231 g/mol. The molecule has 0 fully saturated rings. The van der Waals surface area contributed by atoms with E-state index >= 15 is 0 Å². The van der Waals surface area contributed by atoms with Crippen LogP contribution < -0.4 is 27.8 Å². The van der Waals surface area contributed by atoms with E-state index in [0.717, 1.165) is 0 Å². The highest BCUT2D eigenvalue weighted by atomic mass is 16.2. The minimum absolute atomic E-state index is 0.263. The molecule has 0 bridgehead atoms. The Morgan fingerprint density at radius 3 is 1.50 bits per heavy atom. The van der Waals surface area contributed by atoms with E-state index in [1.165, 1.54) is 0 Å². The molecule has 0 spiro atoms. The van der Waals surface area contributed by atoms with E-state index in [-0.39, 0.29) is 30.9 Å². The Morgan fingerprint density at radius 2 is 1.25 bits per heavy atom. The van der Waals surface area contributed by atoms with Crippen molar-refractivity contribution in [1.29, 1.82) is 0 Å². The fourth-order valence-corrected chi connectivity index (χ4v) is 0.858. The van der Waals surface area contributed by atoms with E-state index < -0.39 is 12.1 Å². The van der Waals surface area contributed by atoms with Crippen LogP contribution in [0.3, 0.4) is 0 Å². The van der Waals surface area contributed by atoms with E-state index in [9.17, 15) is 9.59 Å². The summed E-state index contributed by atoms with van der Waals surface area (Å²) in [6.07, 6.45) is 0. The van der Waals surface area contributed by atoms with Crippen LogP contribution in [0, 0.1) is 0 Å². The van der Waals surface area contributed by atoms with Crippen LogP contribution in [-0.4, -0.2) is 43.0 Å². The molecule has 0 saturated heterocycles. The predicted octanol–water partition coefficient (Wildman–Crippen LogP) is -2.76. The molecule has 0 unspecified atom stereocenters. The highest BCUT2D eigenvalue weighted by Gasteiger charge is 2.11. The summed E-state index contributed by atoms with van der Waals surface area (Å²) in [6.45, 7) is 3.69. The molecule has 0 aliphatic carbocycles. The lowest BCUT2D eigenvalue weighted by Crippen LogP contribution is -2.49. The number of nitrogens with one attached hydrogen (secondary N) is 2. The van der Waals surface area contributed by atoms with Crippen LogP contribution in [0.5, 0.6) is 0 Å². The first-order valence-electron chi connectivity index (χ1n) is 5.16. The number of hydrogen-bond acceptors (Lipinski definition) is 5. The maximum Gasteiger partial charge on any atom is 0.236 e. The first-order chi connectivity index (χ1) is 7.34. The van der Waals surface area contributed by atoms with Crippen LogP contribution in [-0.2, 0) is 9.59 Å². The van der Waals surface area contributed by atoms with Crippen molar-refractivity contribution in [2.24, 2.45) is 17.2 Å². The summed E-state index contributed by atoms with van der Waals surface area (Å²) < 4.78 is 0. The third-order valence-corrected chi connectivity index (χ3v) is 1.90. The van der Waals surface area contributed by atoms with Gasteiger partial charge in [-0.15, -0.1) is 0 Å². The second kappa shape index (κ2) is 7.15. The molecule has 0 aromatic rings. The van der Waals surface area contributed by atoms with E-state index in [1.807, 2.05) is 0 Å². The third kappa shape index (κ3) is 6.33. The Bertz CT molecular complexity index is 218. The van der Waals surface area contributed by atoms with Crippen molar-refractivity contribution in [2.75, 3.05) is 13.1 Å². The van der Waals surface area contributed by atoms with Gasteiger partial charge in [-0.05, 0) is 13.8 Å². The molecule has 0 heterocycles. The van der Waals surface area contributed by atoms with E-state index in [1.54, 1.807) is 13.8 Å². The lowest BCUT2D eigenvalue weighted by molar-refractivity contribution is -0.122. The van der Waals surface area contributed by atoms with Gasteiger partial charge < -0.3 is 27.8 Å². The van der Waals surface area contributed by atoms with Gasteiger partial charge in [-0.25, -0.2) is 0 Å². The lowest BCUT2D eigenvalue weighted by atomic mass is 10.2. The number of hydrogen-bond donors (Lipinski definition) is 5. The molecule has 94 valence electrons. The van der Waals surface area contributed by atoms with Crippen LogP contribution in [0.15, 0.2) is 0 Å². The molecule has 0 saturated carbocycles. The molecule has 2 amide bonds. The molecule has 7 heteroatoms. The van der Waals surface area contributed by atoms with E-state index in [0.29, 0.717) is 0 Å². The smallest absolute Gasteiger partial charge is 0.236 e. The first-order valence-corrected chi connectivity index (χ1v) is 5.16. The maximum absolute atomic E-state index is 11.1. The number of rotatable bonds is 6. The fourth-order valence-electron chi connectivity index (χ4n) is 0.858. The van der Waals surface area contributed by atoms with Crippen LogP contribution >= 0.6 is 0 Å². The van der Waals surface area contributed by atoms with Crippen molar-refractivity contribution in [3.63, 3.8) is 0 Å². The third-order valence-electron chi connectivity index (χ3n) is 1.90. The number of amides is 2. The molecule has 0 radical (unpaired) electrons. The Kier molecular flexibility index (Phi) is 6.63. The van der Waals surface area contributed by atoms with Gasteiger partial charge in [-0.2, -0.15) is 0 Å². The van der Waals surface area contributed by atoms with Gasteiger partial charge in [0.05, 0.1) is 12.1 Å². The monoisotopic (exact) mass is 231 g/mol. The summed E-state index contributed by atoms with van der Waals surface area (Å²) >= 11 is 0. The van der Waals surface area contributed by atoms with E-state index in [2.05, 4.69) is 10.6 Å². The zero-order valence-corrected chi connectivity index (χ0v) is 9.69. The zero-order valence-electron chi connectivity index (χ0n) is 9.69. The summed E-state index contributed by atoms with van der Waals surface area (Å²) in [5, 5.41) is 5.13. The fraction of sp³-hybridized carbons (Fsp3) is 0.778. The minimum Gasteiger partial charge on any atom is -0.353 e. The van der Waals surface area contributed by atoms with Crippen molar-refractivity contribution in [1.82, 2.24) is 10.6 Å². The quantitative estimate of drug-likeness (QED) is 0.337. The molecule has 8 N–H and O–H groups in total. The number of nitrogens with two attached hydrogens (primary N) is 3. The second-order valence-electron chi connectivity index (χ2n) is 3.83. The average Bonchev–Trinajstić information content (AvgIpc) is 2.21. The lowest BCUT2D eigenvalue weighted by Gasteiger charge is -2.15. The summed E-state index contributed by atoms with van der Waals surface area (Å²) in [6, 6.07) is -1.48. The molecule has 0 rings (SSSR count). The summed E-state index contributed by atoms with van der Waals surface area (Å²) in [5.74, 6) is -0.539. The van der Waals surface area contributed by atoms with Crippen molar-refractivity contribution >= 4 is 11.8 Å². The standard InChI is InChI=1S/C9H21N5O2/c1-5(10)8(15)13-3-7(12)4-14-9(16)6(2)11/h5-7H,3-4,10-12H2,1-2H3,(H,13,15)(H,14,16)/t5-,6-/m0/s1. The molecule has 0 aromatic heterocycles. The molecule has 2 atom stereocenters. The highest BCUT2D eigenvalue weighted by Crippen LogP contribution is 1.80. The molecule has 7 nitrogen and oxygen atoms in total. The van der Waals surface area contributed by atoms with E-state index in [4.69, 9.17) is 17.2 Å². The first kappa shape index (κ1) is 14.8. The van der Waals surface area contributed by atoms with Crippen molar-refractivity contribution in [3.8, 4) is 0 Å². The zero-order chi connectivity index (χ0) is 12.7. The Labute approximate surface area is 95.1 Å². The van der Waals surface area contributed by atoms with Gasteiger partial charge in [-0.3, -0.25) is 9.59 Å². The largest absolute Gasteiger partial charge is 0.353 e. The van der Waals surface area contributed by atoms with Crippen molar-refractivity contribution < 1.29 is 9.59 Å². The number of carbonyl (C=O) groups is 2. The van der Waals surface area contributed by atoms with Crippen LogP contribution in [0.25, 0.3) is 0 Å². The summed E-state index contributed by atoms with van der Waals surface area (Å²) in [4.78, 5) is 22.2. The van der Waals surface area contributed by atoms with Crippen molar-refractivity contribution in [2.45, 2.75) is 32.0 Å².